The van der Waals surface area contributed by atoms with Crippen LogP contribution in [0.1, 0.15) is 18.9 Å². The number of aromatic amines is 1. The number of para-hydroxylation sites is 1. The summed E-state index contributed by atoms with van der Waals surface area (Å²) < 4.78 is 5.17. The number of rotatable bonds is 6. The lowest BCUT2D eigenvalue weighted by Gasteiger charge is -2.20. The number of carbonyl (C=O) groups excluding carboxylic acids is 2. The highest BCUT2D eigenvalue weighted by Crippen LogP contribution is 2.20. The molecule has 0 fully saturated rings. The minimum Gasteiger partial charge on any atom is -0.464 e. The van der Waals surface area contributed by atoms with Gasteiger partial charge in [-0.3, -0.25) is 4.79 Å². The van der Waals surface area contributed by atoms with Gasteiger partial charge in [0.2, 0.25) is 5.91 Å². The molecule has 136 valence electrons. The summed E-state index contributed by atoms with van der Waals surface area (Å²) in [4.78, 5) is 30.0. The largest absolute Gasteiger partial charge is 0.464 e. The highest BCUT2D eigenvalue weighted by Gasteiger charge is 2.25. The highest BCUT2D eigenvalue weighted by atomic mass is 16.5. The Morgan fingerprint density at radius 3 is 2.92 bits per heavy atom. The highest BCUT2D eigenvalue weighted by molar-refractivity contribution is 5.96. The van der Waals surface area contributed by atoms with Gasteiger partial charge in [-0.2, -0.15) is 0 Å². The molecule has 2 aromatic rings. The van der Waals surface area contributed by atoms with Gasteiger partial charge >= 0.3 is 5.97 Å². The molecular weight excluding hydrogens is 330 g/mol. The quantitative estimate of drug-likeness (QED) is 0.783. The van der Waals surface area contributed by atoms with Gasteiger partial charge in [0, 0.05) is 42.3 Å². The third-order valence-corrected chi connectivity index (χ3v) is 4.30. The fourth-order valence-corrected chi connectivity index (χ4v) is 3.05. The zero-order valence-electron chi connectivity index (χ0n) is 15.0. The third kappa shape index (κ3) is 3.96. The van der Waals surface area contributed by atoms with Crippen molar-refractivity contribution in [3.05, 3.63) is 60.1 Å². The van der Waals surface area contributed by atoms with E-state index in [9.17, 15) is 9.59 Å². The number of aromatic nitrogens is 1. The molecular formula is C20H23N3O3. The van der Waals surface area contributed by atoms with Crippen molar-refractivity contribution < 1.29 is 14.3 Å². The second kappa shape index (κ2) is 7.91. The van der Waals surface area contributed by atoms with Crippen LogP contribution in [0, 0.1) is 0 Å². The Hall–Kier alpha value is -3.02. The van der Waals surface area contributed by atoms with Gasteiger partial charge < -0.3 is 19.9 Å². The van der Waals surface area contributed by atoms with Crippen LogP contribution in [0.4, 0.5) is 0 Å². The molecule has 2 N–H and O–H groups in total. The molecule has 1 aliphatic heterocycles. The van der Waals surface area contributed by atoms with Crippen LogP contribution in [0.15, 0.2) is 54.5 Å². The zero-order chi connectivity index (χ0) is 18.5. The maximum Gasteiger partial charge on any atom is 0.328 e. The van der Waals surface area contributed by atoms with Crippen LogP contribution in [0.25, 0.3) is 10.9 Å². The molecule has 0 aliphatic carbocycles. The first-order chi connectivity index (χ1) is 12.6. The average molecular weight is 353 g/mol. The summed E-state index contributed by atoms with van der Waals surface area (Å²) in [6, 6.07) is 7.14. The fraction of sp³-hybridized carbons (Fsp3) is 0.300. The smallest absolute Gasteiger partial charge is 0.328 e. The van der Waals surface area contributed by atoms with Crippen LogP contribution in [-0.2, 0) is 20.7 Å². The van der Waals surface area contributed by atoms with E-state index in [1.165, 1.54) is 0 Å². The van der Waals surface area contributed by atoms with Crippen LogP contribution < -0.4 is 5.32 Å². The van der Waals surface area contributed by atoms with Gasteiger partial charge in [0.15, 0.2) is 0 Å². The van der Waals surface area contributed by atoms with Gasteiger partial charge in [0.25, 0.3) is 0 Å². The summed E-state index contributed by atoms with van der Waals surface area (Å²) in [5, 5.41) is 3.88. The predicted molar refractivity (Wildman–Crippen MR) is 100 cm³/mol. The summed E-state index contributed by atoms with van der Waals surface area (Å²) in [6.45, 7) is 2.03. The number of carbonyl (C=O) groups is 2. The van der Waals surface area contributed by atoms with Gasteiger partial charge in [-0.1, -0.05) is 24.3 Å². The third-order valence-electron chi connectivity index (χ3n) is 4.30. The SMILES string of the molecule is CCOC(=O)C(Cc1c[nH]c2ccccc12)NC(=O)C1=CN(C)C=CC1. The first-order valence-electron chi connectivity index (χ1n) is 8.70. The fourth-order valence-electron chi connectivity index (χ4n) is 3.05. The minimum atomic E-state index is -0.737. The molecule has 6 nitrogen and oxygen atoms in total. The van der Waals surface area contributed by atoms with Gasteiger partial charge in [-0.25, -0.2) is 4.79 Å². The molecule has 1 aromatic carbocycles. The number of esters is 1. The summed E-state index contributed by atoms with van der Waals surface area (Å²) >= 11 is 0. The van der Waals surface area contributed by atoms with Crippen molar-refractivity contribution >= 4 is 22.8 Å². The second-order valence-electron chi connectivity index (χ2n) is 6.25. The lowest BCUT2D eigenvalue weighted by atomic mass is 10.0. The van der Waals surface area contributed by atoms with E-state index in [1.807, 2.05) is 54.7 Å². The Kier molecular flexibility index (Phi) is 5.41. The van der Waals surface area contributed by atoms with E-state index in [4.69, 9.17) is 4.74 Å². The molecule has 6 heteroatoms. The number of benzene rings is 1. The monoisotopic (exact) mass is 353 g/mol. The van der Waals surface area contributed by atoms with E-state index in [-0.39, 0.29) is 12.5 Å². The van der Waals surface area contributed by atoms with Crippen LogP contribution in [0.3, 0.4) is 0 Å². The van der Waals surface area contributed by atoms with Gasteiger partial charge in [-0.15, -0.1) is 0 Å². The molecule has 1 unspecified atom stereocenters. The van der Waals surface area contributed by atoms with Crippen molar-refractivity contribution in [3.63, 3.8) is 0 Å². The van der Waals surface area contributed by atoms with Crippen LogP contribution in [0.2, 0.25) is 0 Å². The molecule has 1 amide bonds. The number of ether oxygens (including phenoxy) is 1. The number of hydrogen-bond acceptors (Lipinski definition) is 4. The number of nitrogens with one attached hydrogen (secondary N) is 2. The molecule has 1 aliphatic rings. The van der Waals surface area contributed by atoms with Crippen LogP contribution >= 0.6 is 0 Å². The van der Waals surface area contributed by atoms with Crippen molar-refractivity contribution in [2.24, 2.45) is 0 Å². The Labute approximate surface area is 152 Å². The topological polar surface area (TPSA) is 74.4 Å². The number of allylic oxidation sites excluding steroid dienone is 1. The minimum absolute atomic E-state index is 0.251. The molecule has 2 heterocycles. The van der Waals surface area contributed by atoms with Gasteiger partial charge in [-0.05, 0) is 31.2 Å². The van der Waals surface area contributed by atoms with Crippen LogP contribution in [0.5, 0.6) is 0 Å². The average Bonchev–Trinajstić information content (AvgIpc) is 3.04. The number of fused-ring (bicyclic) bond motifs is 1. The first-order valence-corrected chi connectivity index (χ1v) is 8.70. The standard InChI is InChI=1S/C20H23N3O3/c1-3-26-20(25)18(22-19(24)14-7-6-10-23(2)13-14)11-15-12-21-17-9-5-4-8-16(15)17/h4-6,8-10,12-13,18,21H,3,7,11H2,1-2H3,(H,22,24). The molecule has 0 bridgehead atoms. The van der Waals surface area contributed by atoms with Crippen molar-refractivity contribution in [1.82, 2.24) is 15.2 Å². The van der Waals surface area contributed by atoms with Crippen LogP contribution in [-0.4, -0.2) is 41.5 Å². The van der Waals surface area contributed by atoms with Crippen molar-refractivity contribution in [2.45, 2.75) is 25.8 Å². The Morgan fingerprint density at radius 2 is 2.15 bits per heavy atom. The van der Waals surface area contributed by atoms with Gasteiger partial charge in [0.05, 0.1) is 6.61 Å². The van der Waals surface area contributed by atoms with E-state index in [0.29, 0.717) is 18.4 Å². The van der Waals surface area contributed by atoms with E-state index in [0.717, 1.165) is 16.5 Å². The molecule has 26 heavy (non-hydrogen) atoms. The Bertz CT molecular complexity index is 866. The van der Waals surface area contributed by atoms with E-state index in [1.54, 1.807) is 13.1 Å². The van der Waals surface area contributed by atoms with Crippen molar-refractivity contribution in [1.29, 1.82) is 0 Å². The van der Waals surface area contributed by atoms with E-state index < -0.39 is 12.0 Å². The normalized spacial score (nSPS) is 14.8. The summed E-state index contributed by atoms with van der Waals surface area (Å²) in [5.41, 5.74) is 2.58. The van der Waals surface area contributed by atoms with Gasteiger partial charge in [0.1, 0.15) is 6.04 Å². The molecule has 0 saturated heterocycles. The zero-order valence-corrected chi connectivity index (χ0v) is 15.0. The Morgan fingerprint density at radius 1 is 1.35 bits per heavy atom. The summed E-state index contributed by atoms with van der Waals surface area (Å²) in [5.74, 6) is -0.675. The predicted octanol–water partition coefficient (Wildman–Crippen LogP) is 2.49. The van der Waals surface area contributed by atoms with E-state index >= 15 is 0 Å². The maximum absolute atomic E-state index is 12.6. The number of amides is 1. The Balaban J connectivity index is 1.79. The summed E-state index contributed by atoms with van der Waals surface area (Å²) in [7, 11) is 1.86. The number of H-pyrrole nitrogens is 1. The molecule has 1 aromatic heterocycles. The molecule has 1 atom stereocenters. The first kappa shape index (κ1) is 17.8. The number of nitrogens with zero attached hydrogens (tertiary/aromatic N) is 1. The molecule has 3 rings (SSSR count). The summed E-state index contributed by atoms with van der Waals surface area (Å²) in [6.07, 6.45) is 8.36. The molecule has 0 spiro atoms. The molecule has 0 saturated carbocycles. The molecule has 0 radical (unpaired) electrons. The maximum atomic E-state index is 12.6. The van der Waals surface area contributed by atoms with Crippen molar-refractivity contribution in [3.8, 4) is 0 Å². The second-order valence-corrected chi connectivity index (χ2v) is 6.25. The van der Waals surface area contributed by atoms with Crippen molar-refractivity contribution in [2.75, 3.05) is 13.7 Å². The van der Waals surface area contributed by atoms with E-state index in [2.05, 4.69) is 10.3 Å². The lowest BCUT2D eigenvalue weighted by Crippen LogP contribution is -2.44. The number of hydrogen-bond donors (Lipinski definition) is 2. The lowest BCUT2D eigenvalue weighted by molar-refractivity contribution is -0.147.